The molecule has 1 saturated heterocycles. The molecule has 0 spiro atoms. The molecule has 1 heterocycles. The second kappa shape index (κ2) is 3.96. The smallest absolute Gasteiger partial charge is 0.216 e. The van der Waals surface area contributed by atoms with Crippen molar-refractivity contribution in [3.8, 4) is 0 Å². The Bertz CT molecular complexity index is 456. The molecular weight excluding hydrogens is 250 g/mol. The molecule has 0 aromatic rings. The van der Waals surface area contributed by atoms with Crippen molar-refractivity contribution in [3.05, 3.63) is 0 Å². The molecule has 2 fully saturated rings. The molecule has 0 aromatic carbocycles. The minimum atomic E-state index is -3.12. The summed E-state index contributed by atoms with van der Waals surface area (Å²) < 4.78 is 47.9. The minimum Gasteiger partial charge on any atom is -0.229 e. The van der Waals surface area contributed by atoms with Gasteiger partial charge in [0.05, 0.1) is 10.5 Å². The fourth-order valence-corrected chi connectivity index (χ4v) is 5.03. The van der Waals surface area contributed by atoms with Crippen molar-refractivity contribution in [2.75, 3.05) is 19.3 Å². The van der Waals surface area contributed by atoms with Crippen LogP contribution in [0.15, 0.2) is 0 Å². The Kier molecular flexibility index (Phi) is 3.05. The van der Waals surface area contributed by atoms with Gasteiger partial charge in [0.1, 0.15) is 9.84 Å². The number of sulfonamides is 1. The molecule has 1 aliphatic carbocycles. The quantitative estimate of drug-likeness (QED) is 0.721. The first-order valence-electron chi connectivity index (χ1n) is 5.49. The van der Waals surface area contributed by atoms with Gasteiger partial charge in [0.2, 0.25) is 10.0 Å². The average Bonchev–Trinajstić information content (AvgIpc) is 3.00. The third kappa shape index (κ3) is 2.41. The van der Waals surface area contributed by atoms with Crippen molar-refractivity contribution in [1.29, 1.82) is 0 Å². The lowest BCUT2D eigenvalue weighted by Crippen LogP contribution is -2.43. The second-order valence-electron chi connectivity index (χ2n) is 4.67. The fourth-order valence-electron chi connectivity index (χ4n) is 2.09. The van der Waals surface area contributed by atoms with Crippen LogP contribution in [0.1, 0.15) is 25.7 Å². The van der Waals surface area contributed by atoms with E-state index in [1.165, 1.54) is 10.6 Å². The van der Waals surface area contributed by atoms with Crippen LogP contribution in [0.25, 0.3) is 0 Å². The predicted octanol–water partition coefficient (Wildman–Crippen LogP) is -0.0124. The third-order valence-electron chi connectivity index (χ3n) is 3.31. The minimum absolute atomic E-state index is 0.192. The SMILES string of the molecule is CS(=O)(=O)C1CCN(S(=O)(=O)C2CC2)CC1. The summed E-state index contributed by atoms with van der Waals surface area (Å²) in [6.07, 6.45) is 3.61. The Labute approximate surface area is 96.8 Å². The lowest BCUT2D eigenvalue weighted by Gasteiger charge is -2.30. The molecule has 0 radical (unpaired) electrons. The average molecular weight is 267 g/mol. The number of hydrogen-bond donors (Lipinski definition) is 0. The first kappa shape index (κ1) is 12.3. The Hall–Kier alpha value is -0.140. The molecule has 94 valence electrons. The molecule has 0 atom stereocenters. The molecule has 1 aliphatic heterocycles. The molecule has 16 heavy (non-hydrogen) atoms. The maximum atomic E-state index is 11.9. The molecular formula is C9H17NO4S2. The molecule has 2 rings (SSSR count). The van der Waals surface area contributed by atoms with Gasteiger partial charge in [0.15, 0.2) is 0 Å². The first-order valence-corrected chi connectivity index (χ1v) is 8.95. The van der Waals surface area contributed by atoms with Gasteiger partial charge in [0.25, 0.3) is 0 Å². The molecule has 0 bridgehead atoms. The largest absolute Gasteiger partial charge is 0.229 e. The van der Waals surface area contributed by atoms with Crippen LogP contribution in [0.2, 0.25) is 0 Å². The topological polar surface area (TPSA) is 71.5 Å². The van der Waals surface area contributed by atoms with Gasteiger partial charge >= 0.3 is 0 Å². The summed E-state index contributed by atoms with van der Waals surface area (Å²) in [6, 6.07) is 0. The zero-order valence-corrected chi connectivity index (χ0v) is 10.9. The summed E-state index contributed by atoms with van der Waals surface area (Å²) in [5.74, 6) is 0. The zero-order valence-electron chi connectivity index (χ0n) is 9.29. The van der Waals surface area contributed by atoms with Crippen molar-refractivity contribution in [1.82, 2.24) is 4.31 Å². The van der Waals surface area contributed by atoms with E-state index < -0.39 is 19.9 Å². The van der Waals surface area contributed by atoms with Gasteiger partial charge < -0.3 is 0 Å². The normalized spacial score (nSPS) is 25.8. The monoisotopic (exact) mass is 267 g/mol. The van der Waals surface area contributed by atoms with Gasteiger partial charge in [-0.1, -0.05) is 0 Å². The second-order valence-corrected chi connectivity index (χ2v) is 9.21. The van der Waals surface area contributed by atoms with Gasteiger partial charge in [-0.05, 0) is 25.7 Å². The van der Waals surface area contributed by atoms with Gasteiger partial charge in [0, 0.05) is 19.3 Å². The zero-order chi connectivity index (χ0) is 12.0. The van der Waals surface area contributed by atoms with E-state index >= 15 is 0 Å². The van der Waals surface area contributed by atoms with Gasteiger partial charge in [-0.15, -0.1) is 0 Å². The van der Waals surface area contributed by atoms with E-state index in [0.717, 1.165) is 12.8 Å². The van der Waals surface area contributed by atoms with Crippen molar-refractivity contribution >= 4 is 19.9 Å². The molecule has 0 aromatic heterocycles. The van der Waals surface area contributed by atoms with Crippen molar-refractivity contribution in [3.63, 3.8) is 0 Å². The number of sulfone groups is 1. The number of hydrogen-bond acceptors (Lipinski definition) is 4. The van der Waals surface area contributed by atoms with Crippen LogP contribution in [-0.4, -0.2) is 51.0 Å². The van der Waals surface area contributed by atoms with Crippen LogP contribution in [0.5, 0.6) is 0 Å². The van der Waals surface area contributed by atoms with Crippen molar-refractivity contribution in [2.45, 2.75) is 36.2 Å². The number of rotatable bonds is 3. The van der Waals surface area contributed by atoms with Crippen LogP contribution in [0.3, 0.4) is 0 Å². The number of nitrogens with zero attached hydrogens (tertiary/aromatic N) is 1. The maximum absolute atomic E-state index is 11.9. The highest BCUT2D eigenvalue weighted by Gasteiger charge is 2.42. The highest BCUT2D eigenvalue weighted by Crippen LogP contribution is 2.32. The van der Waals surface area contributed by atoms with Crippen LogP contribution < -0.4 is 0 Å². The van der Waals surface area contributed by atoms with Crippen LogP contribution >= 0.6 is 0 Å². The maximum Gasteiger partial charge on any atom is 0.216 e. The summed E-state index contributed by atoms with van der Waals surface area (Å²) in [4.78, 5) is 0. The van der Waals surface area contributed by atoms with Crippen molar-refractivity contribution in [2.24, 2.45) is 0 Å². The van der Waals surface area contributed by atoms with Gasteiger partial charge in [-0.2, -0.15) is 0 Å². The highest BCUT2D eigenvalue weighted by molar-refractivity contribution is 7.91. The lowest BCUT2D eigenvalue weighted by atomic mass is 10.2. The van der Waals surface area contributed by atoms with Crippen molar-refractivity contribution < 1.29 is 16.8 Å². The Morgan fingerprint density at radius 1 is 0.875 bits per heavy atom. The van der Waals surface area contributed by atoms with Crippen LogP contribution in [0.4, 0.5) is 0 Å². The van der Waals surface area contributed by atoms with E-state index in [0.29, 0.717) is 25.9 Å². The molecule has 5 nitrogen and oxygen atoms in total. The number of piperidine rings is 1. The van der Waals surface area contributed by atoms with Gasteiger partial charge in [-0.25, -0.2) is 21.1 Å². The molecule has 1 saturated carbocycles. The van der Waals surface area contributed by atoms with E-state index in [1.54, 1.807) is 0 Å². The molecule has 2 aliphatic rings. The summed E-state index contributed by atoms with van der Waals surface area (Å²) in [5.41, 5.74) is 0. The summed E-state index contributed by atoms with van der Waals surface area (Å²) >= 11 is 0. The van der Waals surface area contributed by atoms with E-state index in [1.807, 2.05) is 0 Å². The van der Waals surface area contributed by atoms with E-state index in [9.17, 15) is 16.8 Å². The van der Waals surface area contributed by atoms with Crippen LogP contribution in [-0.2, 0) is 19.9 Å². The molecule has 0 amide bonds. The summed E-state index contributed by atoms with van der Waals surface area (Å²) in [5, 5.41) is -0.555. The molecule has 0 unspecified atom stereocenters. The lowest BCUT2D eigenvalue weighted by molar-refractivity contribution is 0.345. The highest BCUT2D eigenvalue weighted by atomic mass is 32.2. The van der Waals surface area contributed by atoms with Crippen LogP contribution in [0, 0.1) is 0 Å². The van der Waals surface area contributed by atoms with E-state index in [4.69, 9.17) is 0 Å². The first-order chi connectivity index (χ1) is 7.32. The van der Waals surface area contributed by atoms with Gasteiger partial charge in [-0.3, -0.25) is 0 Å². The van der Waals surface area contributed by atoms with E-state index in [-0.39, 0.29) is 10.5 Å². The fraction of sp³-hybridized carbons (Fsp3) is 1.00. The summed E-state index contributed by atoms with van der Waals surface area (Å²) in [6.45, 7) is 0.715. The predicted molar refractivity (Wildman–Crippen MR) is 61.4 cm³/mol. The third-order valence-corrected chi connectivity index (χ3v) is 7.39. The Morgan fingerprint density at radius 2 is 1.38 bits per heavy atom. The standard InChI is InChI=1S/C9H17NO4S2/c1-15(11,12)8-4-6-10(7-5-8)16(13,14)9-2-3-9/h8-9H,2-7H2,1H3. The molecule has 0 N–H and O–H groups in total. The molecule has 7 heteroatoms. The Morgan fingerprint density at radius 3 is 1.75 bits per heavy atom. The summed E-state index contributed by atoms with van der Waals surface area (Å²) in [7, 11) is -6.14. The van der Waals surface area contributed by atoms with E-state index in [2.05, 4.69) is 0 Å². The Balaban J connectivity index is 2.00.